The molecule has 2 saturated heterocycles. The van der Waals surface area contributed by atoms with E-state index in [4.69, 9.17) is 10.8 Å². The Bertz CT molecular complexity index is 504. The predicted molar refractivity (Wildman–Crippen MR) is 94.5 cm³/mol. The largest absolute Gasteiger partial charge is 0.481 e. The van der Waals surface area contributed by atoms with Gasteiger partial charge < -0.3 is 26.6 Å². The number of thioether (sulfide) groups is 1. The maximum atomic E-state index is 11.5. The maximum Gasteiger partial charge on any atom is 0.315 e. The molecule has 0 aromatic rings. The smallest absolute Gasteiger partial charge is 0.315 e. The number of hydrogen-bond donors (Lipinski definition) is 5. The van der Waals surface area contributed by atoms with E-state index >= 15 is 0 Å². The number of nitrogens with two attached hydrogens (primary N) is 1. The number of rotatable bonds is 11. The Hall–Kier alpha value is -1.48. The van der Waals surface area contributed by atoms with Gasteiger partial charge in [-0.1, -0.05) is 12.8 Å². The molecule has 0 bridgehead atoms. The third-order valence-electron chi connectivity index (χ3n) is 4.95. The highest BCUT2D eigenvalue weighted by atomic mass is 32.2. The number of carboxylic acid groups (broad SMARTS) is 2. The predicted octanol–water partition coefficient (Wildman–Crippen LogP) is 0.995. The maximum absolute atomic E-state index is 11.5. The number of carbonyl (C=O) groups excluding carboxylic acids is 1. The molecule has 6 N–H and O–H groups in total. The van der Waals surface area contributed by atoms with Gasteiger partial charge in [0.05, 0.1) is 18.0 Å². The average molecular weight is 373 g/mol. The minimum atomic E-state index is -0.890. The van der Waals surface area contributed by atoms with Crippen LogP contribution in [0.4, 0.5) is 4.79 Å². The van der Waals surface area contributed by atoms with Gasteiger partial charge in [0.15, 0.2) is 0 Å². The van der Waals surface area contributed by atoms with Crippen LogP contribution in [0.2, 0.25) is 0 Å². The normalized spacial score (nSPS) is 27.2. The fourth-order valence-corrected chi connectivity index (χ4v) is 5.10. The molecule has 25 heavy (non-hydrogen) atoms. The van der Waals surface area contributed by atoms with Crippen LogP contribution in [0, 0.1) is 5.92 Å². The zero-order valence-electron chi connectivity index (χ0n) is 14.1. The summed E-state index contributed by atoms with van der Waals surface area (Å²) in [5.74, 6) is -1.45. The molecule has 5 atom stereocenters. The molecule has 0 radical (unpaired) electrons. The number of unbranched alkanes of at least 4 members (excludes halogenated alkanes) is 1. The zero-order chi connectivity index (χ0) is 18.4. The van der Waals surface area contributed by atoms with E-state index in [1.54, 1.807) is 0 Å². The molecule has 0 aromatic heterocycles. The van der Waals surface area contributed by atoms with E-state index in [-0.39, 0.29) is 24.5 Å². The number of fused-ring (bicyclic) bond motifs is 1. The number of hydrogen-bond acceptors (Lipinski definition) is 5. The van der Waals surface area contributed by atoms with Crippen molar-refractivity contribution in [2.45, 2.75) is 68.3 Å². The summed E-state index contributed by atoms with van der Waals surface area (Å²) in [5, 5.41) is 24.2. The molecule has 0 aromatic carbocycles. The van der Waals surface area contributed by atoms with Crippen molar-refractivity contribution in [3.8, 4) is 0 Å². The average Bonchev–Trinajstić information content (AvgIpc) is 3.07. The first-order valence-electron chi connectivity index (χ1n) is 8.77. The van der Waals surface area contributed by atoms with Gasteiger partial charge in [0.1, 0.15) is 0 Å². The molecular weight excluding hydrogens is 346 g/mol. The van der Waals surface area contributed by atoms with Crippen molar-refractivity contribution in [1.82, 2.24) is 10.6 Å². The van der Waals surface area contributed by atoms with E-state index < -0.39 is 23.9 Å². The van der Waals surface area contributed by atoms with Gasteiger partial charge >= 0.3 is 18.0 Å². The highest BCUT2D eigenvalue weighted by Crippen LogP contribution is 2.33. The molecule has 2 heterocycles. The summed E-state index contributed by atoms with van der Waals surface area (Å²) in [6.07, 6.45) is 3.85. The van der Waals surface area contributed by atoms with Crippen LogP contribution in [0.25, 0.3) is 0 Å². The monoisotopic (exact) mass is 373 g/mol. The number of urea groups is 1. The number of amides is 2. The van der Waals surface area contributed by atoms with Gasteiger partial charge in [-0.25, -0.2) is 4.79 Å². The molecule has 2 amide bonds. The number of carbonyl (C=O) groups is 3. The summed E-state index contributed by atoms with van der Waals surface area (Å²) < 4.78 is 0. The van der Waals surface area contributed by atoms with Crippen LogP contribution in [0.15, 0.2) is 0 Å². The number of carboxylic acids is 2. The molecule has 8 nitrogen and oxygen atoms in total. The van der Waals surface area contributed by atoms with Crippen LogP contribution in [-0.2, 0) is 9.59 Å². The van der Waals surface area contributed by atoms with Crippen molar-refractivity contribution in [2.75, 3.05) is 5.75 Å². The van der Waals surface area contributed by atoms with E-state index in [1.807, 2.05) is 11.8 Å². The topological polar surface area (TPSA) is 142 Å². The van der Waals surface area contributed by atoms with Gasteiger partial charge in [0.25, 0.3) is 0 Å². The molecule has 2 unspecified atom stereocenters. The van der Waals surface area contributed by atoms with Crippen molar-refractivity contribution >= 4 is 29.7 Å². The van der Waals surface area contributed by atoms with Gasteiger partial charge in [-0.2, -0.15) is 11.8 Å². The fraction of sp³-hybridized carbons (Fsp3) is 0.812. The Morgan fingerprint density at radius 1 is 1.20 bits per heavy atom. The van der Waals surface area contributed by atoms with Gasteiger partial charge in [-0.15, -0.1) is 0 Å². The van der Waals surface area contributed by atoms with Gasteiger partial charge in [-0.05, 0) is 25.7 Å². The highest BCUT2D eigenvalue weighted by molar-refractivity contribution is 8.00. The lowest BCUT2D eigenvalue weighted by Gasteiger charge is -2.22. The van der Waals surface area contributed by atoms with Crippen molar-refractivity contribution in [3.63, 3.8) is 0 Å². The molecule has 2 rings (SSSR count). The van der Waals surface area contributed by atoms with Crippen LogP contribution in [0.5, 0.6) is 0 Å². The minimum Gasteiger partial charge on any atom is -0.481 e. The van der Waals surface area contributed by atoms with Crippen molar-refractivity contribution in [3.05, 3.63) is 0 Å². The first-order valence-corrected chi connectivity index (χ1v) is 9.82. The molecular formula is C16H27N3O5S. The minimum absolute atomic E-state index is 0.0890. The Labute approximate surface area is 151 Å². The highest BCUT2D eigenvalue weighted by Gasteiger charge is 2.42. The standard InChI is InChI=1S/C16H27N3O5S/c17-10(5-1-2-7-13(20)21)9(15(22)23)4-3-6-12-14-11(8-25-12)18-16(24)19-14/h9-12,14H,1-8,17H2,(H,20,21)(H,22,23)(H2,18,19,24)/t9?,10?,11-,12-,14-/m0/s1. The molecule has 142 valence electrons. The molecule has 0 aliphatic carbocycles. The van der Waals surface area contributed by atoms with E-state index in [2.05, 4.69) is 10.6 Å². The molecule has 2 fully saturated rings. The van der Waals surface area contributed by atoms with E-state index in [0.29, 0.717) is 30.9 Å². The Kier molecular flexibility index (Phi) is 7.37. The summed E-state index contributed by atoms with van der Waals surface area (Å²) >= 11 is 1.81. The number of nitrogens with one attached hydrogen (secondary N) is 2. The molecule has 2 aliphatic rings. The van der Waals surface area contributed by atoms with Crippen molar-refractivity contribution < 1.29 is 24.6 Å². The van der Waals surface area contributed by atoms with Crippen LogP contribution in [-0.4, -0.2) is 57.3 Å². The summed E-state index contributed by atoms with van der Waals surface area (Å²) in [6.45, 7) is 0. The first kappa shape index (κ1) is 19.8. The molecule has 9 heteroatoms. The van der Waals surface area contributed by atoms with Crippen LogP contribution >= 0.6 is 11.8 Å². The summed E-state index contributed by atoms with van der Waals surface area (Å²) in [4.78, 5) is 33.4. The quantitative estimate of drug-likeness (QED) is 0.268. The van der Waals surface area contributed by atoms with E-state index in [9.17, 15) is 19.5 Å². The third-order valence-corrected chi connectivity index (χ3v) is 6.46. The lowest BCUT2D eigenvalue weighted by Crippen LogP contribution is -2.37. The van der Waals surface area contributed by atoms with E-state index in [0.717, 1.165) is 18.6 Å². The first-order chi connectivity index (χ1) is 11.9. The van der Waals surface area contributed by atoms with Crippen LogP contribution in [0.1, 0.15) is 44.9 Å². The summed E-state index contributed by atoms with van der Waals surface area (Å²) in [5.41, 5.74) is 6.03. The summed E-state index contributed by atoms with van der Waals surface area (Å²) in [7, 11) is 0. The molecule has 2 aliphatic heterocycles. The van der Waals surface area contributed by atoms with Crippen molar-refractivity contribution in [1.29, 1.82) is 0 Å². The fourth-order valence-electron chi connectivity index (χ4n) is 3.56. The lowest BCUT2D eigenvalue weighted by molar-refractivity contribution is -0.143. The lowest BCUT2D eigenvalue weighted by atomic mass is 9.90. The Morgan fingerprint density at radius 2 is 1.96 bits per heavy atom. The second-order valence-corrected chi connectivity index (χ2v) is 8.07. The Morgan fingerprint density at radius 3 is 2.64 bits per heavy atom. The molecule has 0 spiro atoms. The Balaban J connectivity index is 1.71. The van der Waals surface area contributed by atoms with Crippen molar-refractivity contribution in [2.24, 2.45) is 11.7 Å². The SMILES string of the molecule is NC(CCCCC(=O)O)C(CCC[C@@H]1SC[C@@H]2NC(=O)N[C@@H]21)C(=O)O. The van der Waals surface area contributed by atoms with Gasteiger partial charge in [0.2, 0.25) is 0 Å². The third kappa shape index (κ3) is 5.78. The second-order valence-electron chi connectivity index (χ2n) is 6.80. The van der Waals surface area contributed by atoms with E-state index in [1.165, 1.54) is 0 Å². The molecule has 0 saturated carbocycles. The summed E-state index contributed by atoms with van der Waals surface area (Å²) in [6, 6.07) is -0.269. The van der Waals surface area contributed by atoms with Crippen LogP contribution < -0.4 is 16.4 Å². The number of aliphatic carboxylic acids is 2. The second kappa shape index (κ2) is 9.28. The van der Waals surface area contributed by atoms with Gasteiger partial charge in [0, 0.05) is 23.5 Å². The van der Waals surface area contributed by atoms with Gasteiger partial charge in [-0.3, -0.25) is 9.59 Å². The zero-order valence-corrected chi connectivity index (χ0v) is 15.0. The van der Waals surface area contributed by atoms with Crippen LogP contribution in [0.3, 0.4) is 0 Å².